The molecule has 4 heteroatoms. The zero-order chi connectivity index (χ0) is 13.7. The Labute approximate surface area is 114 Å². The highest BCUT2D eigenvalue weighted by Crippen LogP contribution is 2.22. The number of hydrogen-bond donors (Lipinski definition) is 2. The molecule has 4 nitrogen and oxygen atoms in total. The normalized spacial score (nSPS) is 19.2. The van der Waals surface area contributed by atoms with Crippen molar-refractivity contribution in [1.82, 2.24) is 4.90 Å². The first-order chi connectivity index (χ1) is 9.15. The molecule has 1 unspecified atom stereocenters. The number of rotatable bonds is 5. The highest BCUT2D eigenvalue weighted by Gasteiger charge is 2.22. The molecule has 0 saturated carbocycles. The van der Waals surface area contributed by atoms with Gasteiger partial charge in [-0.3, -0.25) is 4.79 Å². The number of aliphatic hydroxyl groups is 1. The van der Waals surface area contributed by atoms with E-state index < -0.39 is 6.10 Å². The molecule has 0 radical (unpaired) electrons. The van der Waals surface area contributed by atoms with E-state index in [1.54, 1.807) is 0 Å². The number of benzene rings is 1. The van der Waals surface area contributed by atoms with E-state index in [-0.39, 0.29) is 5.91 Å². The van der Waals surface area contributed by atoms with Gasteiger partial charge >= 0.3 is 0 Å². The van der Waals surface area contributed by atoms with Gasteiger partial charge in [-0.2, -0.15) is 0 Å². The van der Waals surface area contributed by atoms with E-state index in [1.165, 1.54) is 0 Å². The summed E-state index contributed by atoms with van der Waals surface area (Å²) in [5.74, 6) is 0.213. The first kappa shape index (κ1) is 14.0. The van der Waals surface area contributed by atoms with E-state index in [2.05, 4.69) is 4.90 Å². The average molecular weight is 262 g/mol. The first-order valence-corrected chi connectivity index (χ1v) is 6.89. The van der Waals surface area contributed by atoms with E-state index in [4.69, 9.17) is 5.73 Å². The summed E-state index contributed by atoms with van der Waals surface area (Å²) in [4.78, 5) is 13.1. The number of primary amides is 1. The Balaban J connectivity index is 1.78. The van der Waals surface area contributed by atoms with Gasteiger partial charge in [0.1, 0.15) is 0 Å². The van der Waals surface area contributed by atoms with Crippen LogP contribution < -0.4 is 5.73 Å². The molecule has 1 fully saturated rings. The van der Waals surface area contributed by atoms with Crippen LogP contribution in [0.1, 0.15) is 30.9 Å². The van der Waals surface area contributed by atoms with Crippen LogP contribution in [0.4, 0.5) is 0 Å². The standard InChI is InChI=1S/C15H22N2O2/c16-15(19)10-12-6-8-17(9-7-12)11-14(18)13-4-2-1-3-5-13/h1-5,12,14,18H,6-11H2,(H2,16,19). The lowest BCUT2D eigenvalue weighted by Crippen LogP contribution is -2.37. The maximum atomic E-state index is 10.9. The second-order valence-corrected chi connectivity index (χ2v) is 5.34. The highest BCUT2D eigenvalue weighted by atomic mass is 16.3. The van der Waals surface area contributed by atoms with Crippen molar-refractivity contribution in [3.05, 3.63) is 35.9 Å². The summed E-state index contributed by atoms with van der Waals surface area (Å²) in [5, 5.41) is 10.2. The van der Waals surface area contributed by atoms with Gasteiger partial charge in [-0.1, -0.05) is 30.3 Å². The molecule has 0 aliphatic carbocycles. The number of carbonyl (C=O) groups is 1. The van der Waals surface area contributed by atoms with Crippen LogP contribution >= 0.6 is 0 Å². The summed E-state index contributed by atoms with van der Waals surface area (Å²) in [5.41, 5.74) is 6.18. The SMILES string of the molecule is NC(=O)CC1CCN(CC(O)c2ccccc2)CC1. The van der Waals surface area contributed by atoms with Crippen LogP contribution in [-0.4, -0.2) is 35.5 Å². The minimum atomic E-state index is -0.436. The lowest BCUT2D eigenvalue weighted by atomic mass is 9.93. The van der Waals surface area contributed by atoms with Crippen LogP contribution in [0.15, 0.2) is 30.3 Å². The monoisotopic (exact) mass is 262 g/mol. The Morgan fingerprint density at radius 3 is 2.53 bits per heavy atom. The predicted molar refractivity (Wildman–Crippen MR) is 74.4 cm³/mol. The molecule has 1 heterocycles. The van der Waals surface area contributed by atoms with Crippen molar-refractivity contribution in [2.24, 2.45) is 11.7 Å². The fourth-order valence-corrected chi connectivity index (χ4v) is 2.68. The van der Waals surface area contributed by atoms with Crippen molar-refractivity contribution in [2.75, 3.05) is 19.6 Å². The number of nitrogens with two attached hydrogens (primary N) is 1. The summed E-state index contributed by atoms with van der Waals surface area (Å²) in [7, 11) is 0. The van der Waals surface area contributed by atoms with E-state index in [0.29, 0.717) is 18.9 Å². The number of β-amino-alcohol motifs (C(OH)–C–C–N with tert-alkyl or cyclic N) is 1. The molecule has 19 heavy (non-hydrogen) atoms. The molecule has 0 aromatic heterocycles. The predicted octanol–water partition coefficient (Wildman–Crippen LogP) is 1.31. The quantitative estimate of drug-likeness (QED) is 0.840. The Bertz CT molecular complexity index is 400. The van der Waals surface area contributed by atoms with Crippen LogP contribution in [0.2, 0.25) is 0 Å². The third-order valence-electron chi connectivity index (χ3n) is 3.81. The molecule has 1 aliphatic heterocycles. The molecule has 0 bridgehead atoms. The minimum absolute atomic E-state index is 0.206. The molecule has 1 aromatic carbocycles. The summed E-state index contributed by atoms with van der Waals surface area (Å²) in [6.07, 6.45) is 2.04. The fraction of sp³-hybridized carbons (Fsp3) is 0.533. The third kappa shape index (κ3) is 4.33. The fourth-order valence-electron chi connectivity index (χ4n) is 2.68. The number of amides is 1. The second-order valence-electron chi connectivity index (χ2n) is 5.34. The smallest absolute Gasteiger partial charge is 0.217 e. The van der Waals surface area contributed by atoms with Gasteiger partial charge < -0.3 is 15.7 Å². The topological polar surface area (TPSA) is 66.6 Å². The molecule has 0 spiro atoms. The maximum absolute atomic E-state index is 10.9. The Morgan fingerprint density at radius 2 is 1.95 bits per heavy atom. The molecule has 1 amide bonds. The Hall–Kier alpha value is -1.39. The van der Waals surface area contributed by atoms with E-state index >= 15 is 0 Å². The van der Waals surface area contributed by atoms with Crippen LogP contribution in [0.5, 0.6) is 0 Å². The molecule has 104 valence electrons. The Morgan fingerprint density at radius 1 is 1.32 bits per heavy atom. The lowest BCUT2D eigenvalue weighted by molar-refractivity contribution is -0.119. The summed E-state index contributed by atoms with van der Waals surface area (Å²) >= 11 is 0. The second kappa shape index (κ2) is 6.68. The van der Waals surface area contributed by atoms with Crippen molar-refractivity contribution in [2.45, 2.75) is 25.4 Å². The van der Waals surface area contributed by atoms with Gasteiger partial charge in [-0.15, -0.1) is 0 Å². The summed E-state index contributed by atoms with van der Waals surface area (Å²) < 4.78 is 0. The van der Waals surface area contributed by atoms with Gasteiger partial charge in [0.15, 0.2) is 0 Å². The van der Waals surface area contributed by atoms with E-state index in [0.717, 1.165) is 31.5 Å². The molecule has 1 atom stereocenters. The van der Waals surface area contributed by atoms with Crippen LogP contribution in [0.3, 0.4) is 0 Å². The van der Waals surface area contributed by atoms with Crippen LogP contribution in [0.25, 0.3) is 0 Å². The van der Waals surface area contributed by atoms with Crippen molar-refractivity contribution in [3.8, 4) is 0 Å². The first-order valence-electron chi connectivity index (χ1n) is 6.89. The van der Waals surface area contributed by atoms with Crippen molar-refractivity contribution >= 4 is 5.91 Å². The zero-order valence-corrected chi connectivity index (χ0v) is 11.2. The number of aliphatic hydroxyl groups excluding tert-OH is 1. The van der Waals surface area contributed by atoms with E-state index in [9.17, 15) is 9.90 Å². The summed E-state index contributed by atoms with van der Waals surface area (Å²) in [6, 6.07) is 9.73. The molecule has 2 rings (SSSR count). The van der Waals surface area contributed by atoms with Gasteiger partial charge in [0, 0.05) is 13.0 Å². The number of likely N-dealkylation sites (tertiary alicyclic amines) is 1. The number of carbonyl (C=O) groups excluding carboxylic acids is 1. The van der Waals surface area contributed by atoms with Gasteiger partial charge in [0.25, 0.3) is 0 Å². The van der Waals surface area contributed by atoms with Crippen molar-refractivity contribution in [3.63, 3.8) is 0 Å². The average Bonchev–Trinajstić information content (AvgIpc) is 2.41. The molecular weight excluding hydrogens is 240 g/mol. The van der Waals surface area contributed by atoms with Gasteiger partial charge in [0.05, 0.1) is 6.10 Å². The maximum Gasteiger partial charge on any atom is 0.217 e. The minimum Gasteiger partial charge on any atom is -0.387 e. The number of hydrogen-bond acceptors (Lipinski definition) is 3. The molecular formula is C15H22N2O2. The van der Waals surface area contributed by atoms with Crippen LogP contribution in [0, 0.1) is 5.92 Å². The van der Waals surface area contributed by atoms with Gasteiger partial charge in [0.2, 0.25) is 5.91 Å². The van der Waals surface area contributed by atoms with Crippen LogP contribution in [-0.2, 0) is 4.79 Å². The summed E-state index contributed by atoms with van der Waals surface area (Å²) in [6.45, 7) is 2.52. The molecule has 1 aliphatic rings. The number of piperidine rings is 1. The molecule has 3 N–H and O–H groups in total. The largest absolute Gasteiger partial charge is 0.387 e. The lowest BCUT2D eigenvalue weighted by Gasteiger charge is -2.32. The van der Waals surface area contributed by atoms with Gasteiger partial charge in [-0.25, -0.2) is 0 Å². The van der Waals surface area contributed by atoms with Gasteiger partial charge in [-0.05, 0) is 37.4 Å². The molecule has 1 saturated heterocycles. The zero-order valence-electron chi connectivity index (χ0n) is 11.2. The molecule has 1 aromatic rings. The van der Waals surface area contributed by atoms with Crippen molar-refractivity contribution < 1.29 is 9.90 Å². The number of nitrogens with zero attached hydrogens (tertiary/aromatic N) is 1. The van der Waals surface area contributed by atoms with Crippen molar-refractivity contribution in [1.29, 1.82) is 0 Å². The third-order valence-corrected chi connectivity index (χ3v) is 3.81. The van der Waals surface area contributed by atoms with E-state index in [1.807, 2.05) is 30.3 Å². The Kier molecular flexibility index (Phi) is 4.93. The highest BCUT2D eigenvalue weighted by molar-refractivity contribution is 5.73.